The van der Waals surface area contributed by atoms with Crippen molar-refractivity contribution in [2.45, 2.75) is 61.8 Å². The van der Waals surface area contributed by atoms with Gasteiger partial charge in [0.15, 0.2) is 0 Å². The minimum Gasteiger partial charge on any atom is -0.350 e. The topological polar surface area (TPSA) is 66.5 Å². The van der Waals surface area contributed by atoms with Crippen molar-refractivity contribution < 1.29 is 13.2 Å². The van der Waals surface area contributed by atoms with Crippen molar-refractivity contribution in [3.8, 4) is 0 Å². The van der Waals surface area contributed by atoms with Gasteiger partial charge >= 0.3 is 0 Å². The maximum atomic E-state index is 12.9. The monoisotopic (exact) mass is 376 g/mol. The number of nitrogens with zero attached hydrogens (tertiary/aromatic N) is 1. The minimum atomic E-state index is -3.47. The Morgan fingerprint density at radius 1 is 1.04 bits per heavy atom. The average molecular weight is 377 g/mol. The van der Waals surface area contributed by atoms with E-state index in [0.717, 1.165) is 0 Å². The summed E-state index contributed by atoms with van der Waals surface area (Å²) in [7, 11) is -3.47. The first-order valence-corrected chi connectivity index (χ1v) is 11.0. The molecule has 1 aliphatic carbocycles. The van der Waals surface area contributed by atoms with E-state index in [-0.39, 0.29) is 11.9 Å². The number of amides is 1. The molecule has 3 rings (SSSR count). The number of nitrogens with one attached hydrogen (secondary N) is 1. The van der Waals surface area contributed by atoms with Crippen LogP contribution in [0.25, 0.3) is 0 Å². The van der Waals surface area contributed by atoms with Crippen LogP contribution in [0.1, 0.15) is 56.4 Å². The van der Waals surface area contributed by atoms with Gasteiger partial charge in [0, 0.05) is 19.1 Å². The number of benzene rings is 1. The highest BCUT2D eigenvalue weighted by Crippen LogP contribution is 2.33. The summed E-state index contributed by atoms with van der Waals surface area (Å²) in [6.07, 6.45) is 8.75. The molecule has 6 heteroatoms. The molecule has 2 fully saturated rings. The highest BCUT2D eigenvalue weighted by Gasteiger charge is 2.30. The number of piperidine rings is 1. The molecule has 0 radical (unpaired) electrons. The molecular weight excluding hydrogens is 348 g/mol. The molecule has 142 valence electrons. The van der Waals surface area contributed by atoms with Crippen LogP contribution in [0.3, 0.4) is 0 Å². The van der Waals surface area contributed by atoms with Gasteiger partial charge < -0.3 is 5.32 Å². The molecule has 0 bridgehead atoms. The van der Waals surface area contributed by atoms with Gasteiger partial charge in [-0.05, 0) is 55.4 Å². The summed E-state index contributed by atoms with van der Waals surface area (Å²) in [5, 5.41) is 2.85. The zero-order valence-corrected chi connectivity index (χ0v) is 16.0. The zero-order valence-electron chi connectivity index (χ0n) is 15.2. The van der Waals surface area contributed by atoms with Crippen LogP contribution in [0.5, 0.6) is 0 Å². The second-order valence-corrected chi connectivity index (χ2v) is 9.23. The molecule has 26 heavy (non-hydrogen) atoms. The molecule has 1 amide bonds. The number of hydrogen-bond donors (Lipinski definition) is 1. The van der Waals surface area contributed by atoms with Crippen molar-refractivity contribution in [1.82, 2.24) is 9.62 Å². The van der Waals surface area contributed by atoms with E-state index in [1.54, 1.807) is 12.1 Å². The Kier molecular flexibility index (Phi) is 6.14. The highest BCUT2D eigenvalue weighted by atomic mass is 32.2. The molecule has 0 atom stereocenters. The van der Waals surface area contributed by atoms with Gasteiger partial charge in [-0.3, -0.25) is 4.79 Å². The fraction of sp³-hybridized carbons (Fsp3) is 0.550. The molecule has 0 unspecified atom stereocenters. The molecule has 0 spiro atoms. The summed E-state index contributed by atoms with van der Waals surface area (Å²) in [5.41, 5.74) is 1.26. The van der Waals surface area contributed by atoms with E-state index >= 15 is 0 Å². The number of carbonyl (C=O) groups excluding carboxylic acids is 1. The third kappa shape index (κ3) is 4.35. The predicted octanol–water partition coefficient (Wildman–Crippen LogP) is 3.19. The summed E-state index contributed by atoms with van der Waals surface area (Å²) in [6.45, 7) is 4.29. The maximum absolute atomic E-state index is 12.9. The highest BCUT2D eigenvalue weighted by molar-refractivity contribution is 7.89. The fourth-order valence-corrected chi connectivity index (χ4v) is 5.47. The van der Waals surface area contributed by atoms with E-state index in [1.807, 2.05) is 12.1 Å². The van der Waals surface area contributed by atoms with Gasteiger partial charge in [-0.2, -0.15) is 4.31 Å². The smallest absolute Gasteiger partial charge is 0.243 e. The normalized spacial score (nSPS) is 20.6. The Morgan fingerprint density at radius 2 is 1.65 bits per heavy atom. The lowest BCUT2D eigenvalue weighted by Crippen LogP contribution is -2.46. The Morgan fingerprint density at radius 3 is 2.23 bits per heavy atom. The Bertz CT molecular complexity index is 729. The van der Waals surface area contributed by atoms with Gasteiger partial charge in [0.2, 0.25) is 15.9 Å². The van der Waals surface area contributed by atoms with Crippen LogP contribution in [0.15, 0.2) is 41.8 Å². The van der Waals surface area contributed by atoms with E-state index in [1.165, 1.54) is 48.0 Å². The summed E-state index contributed by atoms with van der Waals surface area (Å²) in [6, 6.07) is 7.50. The Labute approximate surface area is 156 Å². The number of rotatable bonds is 5. The van der Waals surface area contributed by atoms with Gasteiger partial charge in [0.1, 0.15) is 0 Å². The van der Waals surface area contributed by atoms with Crippen molar-refractivity contribution in [2.75, 3.05) is 13.1 Å². The van der Waals surface area contributed by atoms with E-state index in [9.17, 15) is 13.2 Å². The van der Waals surface area contributed by atoms with E-state index in [2.05, 4.69) is 11.9 Å². The van der Waals surface area contributed by atoms with Gasteiger partial charge in [-0.15, -0.1) is 0 Å². The molecule has 1 aromatic rings. The van der Waals surface area contributed by atoms with Crippen molar-refractivity contribution in [2.24, 2.45) is 0 Å². The molecule has 1 aromatic carbocycles. The van der Waals surface area contributed by atoms with Crippen molar-refractivity contribution in [3.05, 3.63) is 42.5 Å². The quantitative estimate of drug-likeness (QED) is 0.803. The predicted molar refractivity (Wildman–Crippen MR) is 102 cm³/mol. The molecule has 1 heterocycles. The second-order valence-electron chi connectivity index (χ2n) is 7.30. The Hall–Kier alpha value is -1.66. The first-order chi connectivity index (χ1) is 12.5. The van der Waals surface area contributed by atoms with E-state index in [4.69, 9.17) is 0 Å². The van der Waals surface area contributed by atoms with Crippen LogP contribution in [-0.4, -0.2) is 37.8 Å². The van der Waals surface area contributed by atoms with Crippen LogP contribution in [-0.2, 0) is 14.8 Å². The van der Waals surface area contributed by atoms with Gasteiger partial charge in [-0.25, -0.2) is 8.42 Å². The molecule has 1 aliphatic heterocycles. The van der Waals surface area contributed by atoms with Crippen LogP contribution in [0.2, 0.25) is 0 Å². The molecule has 1 N–H and O–H groups in total. The lowest BCUT2D eigenvalue weighted by atomic mass is 9.84. The van der Waals surface area contributed by atoms with Crippen LogP contribution in [0, 0.1) is 0 Å². The van der Waals surface area contributed by atoms with Crippen LogP contribution in [0.4, 0.5) is 0 Å². The van der Waals surface area contributed by atoms with Gasteiger partial charge in [-0.1, -0.05) is 38.0 Å². The largest absolute Gasteiger partial charge is 0.350 e. The van der Waals surface area contributed by atoms with Crippen molar-refractivity contribution in [3.63, 3.8) is 0 Å². The number of sulfonamides is 1. The third-order valence-electron chi connectivity index (χ3n) is 5.58. The maximum Gasteiger partial charge on any atom is 0.243 e. The minimum absolute atomic E-state index is 0.0145. The van der Waals surface area contributed by atoms with E-state index in [0.29, 0.717) is 36.7 Å². The fourth-order valence-electron chi connectivity index (χ4n) is 4.00. The lowest BCUT2D eigenvalue weighted by Gasteiger charge is -2.31. The van der Waals surface area contributed by atoms with E-state index < -0.39 is 10.0 Å². The average Bonchev–Trinajstić information content (AvgIpc) is 2.69. The van der Waals surface area contributed by atoms with Gasteiger partial charge in [0.05, 0.1) is 4.90 Å². The van der Waals surface area contributed by atoms with Gasteiger partial charge in [0.25, 0.3) is 0 Å². The summed E-state index contributed by atoms with van der Waals surface area (Å²) in [5.74, 6) is 0.370. The Balaban J connectivity index is 1.63. The third-order valence-corrected chi connectivity index (χ3v) is 7.49. The number of carbonyl (C=O) groups is 1. The first-order valence-electron chi connectivity index (χ1n) is 9.54. The summed E-state index contributed by atoms with van der Waals surface area (Å²) in [4.78, 5) is 11.7. The summed E-state index contributed by atoms with van der Waals surface area (Å²) >= 11 is 0. The standard InChI is InChI=1S/C20H28N2O3S/c1-2-20(23)21-18-12-14-22(15-13-18)26(24,25)19-10-8-17(9-11-19)16-6-4-3-5-7-16/h2,8-11,16,18H,1,3-7,12-15H2,(H,21,23). The molecule has 0 aromatic heterocycles. The summed E-state index contributed by atoms with van der Waals surface area (Å²) < 4.78 is 27.3. The molecule has 1 saturated heterocycles. The van der Waals surface area contributed by atoms with Crippen molar-refractivity contribution >= 4 is 15.9 Å². The second kappa shape index (κ2) is 8.35. The lowest BCUT2D eigenvalue weighted by molar-refractivity contribution is -0.117. The van der Waals surface area contributed by atoms with Crippen LogP contribution < -0.4 is 5.32 Å². The molecular formula is C20H28N2O3S. The molecule has 2 aliphatic rings. The first kappa shape index (κ1) is 19.1. The zero-order chi connectivity index (χ0) is 18.6. The number of hydrogen-bond acceptors (Lipinski definition) is 3. The molecule has 1 saturated carbocycles. The SMILES string of the molecule is C=CC(=O)NC1CCN(S(=O)(=O)c2ccc(C3CCCCC3)cc2)CC1. The van der Waals surface area contributed by atoms with Crippen LogP contribution >= 0.6 is 0 Å². The van der Waals surface area contributed by atoms with Crippen molar-refractivity contribution in [1.29, 1.82) is 0 Å². The molecule has 5 nitrogen and oxygen atoms in total.